The van der Waals surface area contributed by atoms with Gasteiger partial charge in [-0.05, 0) is 24.3 Å². The largest absolute Gasteiger partial charge is 0.478 e. The molecule has 0 aromatic heterocycles. The van der Waals surface area contributed by atoms with E-state index < -0.39 is 23.8 Å². The molecule has 7 heteroatoms. The van der Waals surface area contributed by atoms with E-state index in [1.807, 2.05) is 0 Å². The molecule has 1 N–H and O–H groups in total. The fourth-order valence-corrected chi connectivity index (χ4v) is 2.23. The van der Waals surface area contributed by atoms with Crippen LogP contribution in [0.4, 0.5) is 0 Å². The summed E-state index contributed by atoms with van der Waals surface area (Å²) in [5.41, 5.74) is -0.292. The predicted molar refractivity (Wildman–Crippen MR) is 75.8 cm³/mol. The average Bonchev–Trinajstić information content (AvgIpc) is 2.80. The zero-order valence-corrected chi connectivity index (χ0v) is 11.6. The standard InChI is InChI=1S/C16H9NO6/c18-13-9-5-1-2-6-10(9)14(19)17(13)23-16(22)12-8-4-3-7-11(12)15(20)21/h1-8H,(H,20,21). The second-order valence-corrected chi connectivity index (χ2v) is 4.68. The van der Waals surface area contributed by atoms with Gasteiger partial charge in [0.05, 0.1) is 22.3 Å². The van der Waals surface area contributed by atoms with Crippen molar-refractivity contribution >= 4 is 23.8 Å². The van der Waals surface area contributed by atoms with E-state index in [9.17, 15) is 19.2 Å². The number of fused-ring (bicyclic) bond motifs is 1. The Balaban J connectivity index is 1.90. The van der Waals surface area contributed by atoms with Crippen LogP contribution in [0.25, 0.3) is 0 Å². The molecule has 0 unspecified atom stereocenters. The van der Waals surface area contributed by atoms with Gasteiger partial charge < -0.3 is 9.94 Å². The molecule has 114 valence electrons. The number of hydrogen-bond acceptors (Lipinski definition) is 5. The minimum atomic E-state index is -1.32. The van der Waals surface area contributed by atoms with Crippen molar-refractivity contribution in [3.05, 3.63) is 70.8 Å². The number of carbonyl (C=O) groups excluding carboxylic acids is 3. The molecule has 2 aromatic carbocycles. The summed E-state index contributed by atoms with van der Waals surface area (Å²) in [6, 6.07) is 11.4. The third-order valence-corrected chi connectivity index (χ3v) is 3.31. The van der Waals surface area contributed by atoms with Crippen molar-refractivity contribution < 1.29 is 29.1 Å². The SMILES string of the molecule is O=C(O)c1ccccc1C(=O)ON1C(=O)c2ccccc2C1=O. The Morgan fingerprint density at radius 2 is 1.30 bits per heavy atom. The molecule has 0 spiro atoms. The van der Waals surface area contributed by atoms with Crippen molar-refractivity contribution in [1.82, 2.24) is 5.06 Å². The Bertz CT molecular complexity index is 822. The van der Waals surface area contributed by atoms with Crippen molar-refractivity contribution in [2.24, 2.45) is 0 Å². The summed E-state index contributed by atoms with van der Waals surface area (Å²) in [5, 5.41) is 9.41. The first-order valence-corrected chi connectivity index (χ1v) is 6.53. The number of benzene rings is 2. The van der Waals surface area contributed by atoms with Gasteiger partial charge in [-0.1, -0.05) is 29.3 Å². The highest BCUT2D eigenvalue weighted by atomic mass is 16.7. The maximum Gasteiger partial charge on any atom is 0.364 e. The van der Waals surface area contributed by atoms with Crippen LogP contribution in [-0.4, -0.2) is 33.9 Å². The van der Waals surface area contributed by atoms with Crippen molar-refractivity contribution in [3.63, 3.8) is 0 Å². The lowest BCUT2D eigenvalue weighted by Gasteiger charge is -2.13. The van der Waals surface area contributed by atoms with Crippen LogP contribution in [0.15, 0.2) is 48.5 Å². The van der Waals surface area contributed by atoms with Gasteiger partial charge in [0.15, 0.2) is 0 Å². The summed E-state index contributed by atoms with van der Waals surface area (Å²) >= 11 is 0. The number of imide groups is 1. The maximum atomic E-state index is 12.1. The lowest BCUT2D eigenvalue weighted by Crippen LogP contribution is -2.33. The second-order valence-electron chi connectivity index (χ2n) is 4.68. The van der Waals surface area contributed by atoms with Gasteiger partial charge in [-0.25, -0.2) is 9.59 Å². The van der Waals surface area contributed by atoms with Gasteiger partial charge in [0, 0.05) is 0 Å². The number of carbonyl (C=O) groups is 4. The molecule has 1 aliphatic heterocycles. The predicted octanol–water partition coefficient (Wildman–Crippen LogP) is 1.75. The Kier molecular flexibility index (Phi) is 3.38. The average molecular weight is 311 g/mol. The van der Waals surface area contributed by atoms with Gasteiger partial charge >= 0.3 is 11.9 Å². The number of nitrogens with zero attached hydrogens (tertiary/aromatic N) is 1. The van der Waals surface area contributed by atoms with Gasteiger partial charge in [-0.3, -0.25) is 9.59 Å². The van der Waals surface area contributed by atoms with Crippen LogP contribution < -0.4 is 0 Å². The number of amides is 2. The van der Waals surface area contributed by atoms with E-state index in [1.54, 1.807) is 12.1 Å². The van der Waals surface area contributed by atoms with Gasteiger partial charge in [0.25, 0.3) is 11.8 Å². The first kappa shape index (κ1) is 14.5. The molecular weight excluding hydrogens is 302 g/mol. The van der Waals surface area contributed by atoms with Crippen LogP contribution in [0, 0.1) is 0 Å². The smallest absolute Gasteiger partial charge is 0.364 e. The van der Waals surface area contributed by atoms with E-state index in [1.165, 1.54) is 36.4 Å². The van der Waals surface area contributed by atoms with Crippen LogP contribution in [0.3, 0.4) is 0 Å². The van der Waals surface area contributed by atoms with Gasteiger partial charge in [-0.15, -0.1) is 0 Å². The monoisotopic (exact) mass is 311 g/mol. The van der Waals surface area contributed by atoms with Crippen LogP contribution in [0.5, 0.6) is 0 Å². The number of aromatic carboxylic acids is 1. The molecule has 2 amide bonds. The molecule has 3 rings (SSSR count). The Labute approximate surface area is 129 Å². The molecule has 0 saturated heterocycles. The molecule has 0 bridgehead atoms. The third-order valence-electron chi connectivity index (χ3n) is 3.31. The number of hydrogen-bond donors (Lipinski definition) is 1. The lowest BCUT2D eigenvalue weighted by molar-refractivity contribution is -0.0585. The number of carboxylic acid groups (broad SMARTS) is 1. The number of carboxylic acids is 1. The van der Waals surface area contributed by atoms with Crippen molar-refractivity contribution in [2.45, 2.75) is 0 Å². The highest BCUT2D eigenvalue weighted by molar-refractivity contribution is 6.21. The fraction of sp³-hybridized carbons (Fsp3) is 0. The summed E-state index contributed by atoms with van der Waals surface area (Å²) in [5.74, 6) is -3.96. The maximum absolute atomic E-state index is 12.1. The van der Waals surface area contributed by atoms with E-state index in [4.69, 9.17) is 9.94 Å². The molecule has 1 aliphatic rings. The molecule has 23 heavy (non-hydrogen) atoms. The van der Waals surface area contributed by atoms with Gasteiger partial charge in [-0.2, -0.15) is 0 Å². The summed E-state index contributed by atoms with van der Waals surface area (Å²) < 4.78 is 0. The summed E-state index contributed by atoms with van der Waals surface area (Å²) in [4.78, 5) is 52.3. The highest BCUT2D eigenvalue weighted by Crippen LogP contribution is 2.23. The molecular formula is C16H9NO6. The van der Waals surface area contributed by atoms with E-state index in [0.717, 1.165) is 0 Å². The molecule has 0 radical (unpaired) electrons. The summed E-state index contributed by atoms with van der Waals surface area (Å²) in [7, 11) is 0. The van der Waals surface area contributed by atoms with Crippen molar-refractivity contribution in [2.75, 3.05) is 0 Å². The Hall–Kier alpha value is -3.48. The molecule has 0 saturated carbocycles. The van der Waals surface area contributed by atoms with Crippen LogP contribution >= 0.6 is 0 Å². The number of hydroxylamine groups is 2. The molecule has 0 aliphatic carbocycles. The zero-order valence-electron chi connectivity index (χ0n) is 11.6. The van der Waals surface area contributed by atoms with Crippen molar-refractivity contribution in [1.29, 1.82) is 0 Å². The molecule has 0 atom stereocenters. The van der Waals surface area contributed by atoms with Crippen LogP contribution in [-0.2, 0) is 4.84 Å². The first-order valence-electron chi connectivity index (χ1n) is 6.53. The molecule has 2 aromatic rings. The van der Waals surface area contributed by atoms with Crippen molar-refractivity contribution in [3.8, 4) is 0 Å². The Morgan fingerprint density at radius 1 is 0.826 bits per heavy atom. The van der Waals surface area contributed by atoms with Crippen LogP contribution in [0.1, 0.15) is 41.4 Å². The quantitative estimate of drug-likeness (QED) is 0.867. The Morgan fingerprint density at radius 3 is 1.83 bits per heavy atom. The molecule has 0 fully saturated rings. The zero-order chi connectivity index (χ0) is 16.6. The summed E-state index contributed by atoms with van der Waals surface area (Å²) in [6.45, 7) is 0. The topological polar surface area (TPSA) is 101 Å². The van der Waals surface area contributed by atoms with Crippen LogP contribution in [0.2, 0.25) is 0 Å². The van der Waals surface area contributed by atoms with Gasteiger partial charge in [0.1, 0.15) is 0 Å². The van der Waals surface area contributed by atoms with E-state index in [2.05, 4.69) is 0 Å². The minimum absolute atomic E-state index is 0.122. The fourth-order valence-electron chi connectivity index (χ4n) is 2.23. The van der Waals surface area contributed by atoms with E-state index in [-0.39, 0.29) is 22.3 Å². The number of rotatable bonds is 3. The molecule has 1 heterocycles. The third kappa shape index (κ3) is 2.34. The first-order chi connectivity index (χ1) is 11.0. The second kappa shape index (κ2) is 5.38. The normalized spacial score (nSPS) is 13.0. The van der Waals surface area contributed by atoms with E-state index in [0.29, 0.717) is 5.06 Å². The highest BCUT2D eigenvalue weighted by Gasteiger charge is 2.39. The summed E-state index contributed by atoms with van der Waals surface area (Å²) in [6.07, 6.45) is 0. The lowest BCUT2D eigenvalue weighted by atomic mass is 10.1. The minimum Gasteiger partial charge on any atom is -0.478 e. The van der Waals surface area contributed by atoms with E-state index >= 15 is 0 Å². The molecule has 7 nitrogen and oxygen atoms in total. The van der Waals surface area contributed by atoms with Gasteiger partial charge in [0.2, 0.25) is 0 Å².